The summed E-state index contributed by atoms with van der Waals surface area (Å²) < 4.78 is 10.3. The molecule has 0 aliphatic rings. The Kier molecular flexibility index (Phi) is 4.65. The van der Waals surface area contributed by atoms with Crippen LogP contribution in [0.1, 0.15) is 27.2 Å². The first-order valence-corrected chi connectivity index (χ1v) is 3.88. The fourth-order valence-corrected chi connectivity index (χ4v) is 0.599. The lowest BCUT2D eigenvalue weighted by molar-refractivity contribution is -0.0235. The van der Waals surface area contributed by atoms with E-state index in [9.17, 15) is 0 Å². The zero-order valence-electron chi connectivity index (χ0n) is 7.89. The van der Waals surface area contributed by atoms with Crippen LogP contribution in [0.4, 0.5) is 0 Å². The maximum absolute atomic E-state index is 5.50. The van der Waals surface area contributed by atoms with Crippen molar-refractivity contribution in [2.45, 2.75) is 39.0 Å². The molecule has 0 aliphatic heterocycles. The first kappa shape index (κ1) is 10.9. The fraction of sp³-hybridized carbons (Fsp3) is 1.00. The van der Waals surface area contributed by atoms with Gasteiger partial charge in [-0.3, -0.25) is 0 Å². The van der Waals surface area contributed by atoms with Crippen LogP contribution in [0.5, 0.6) is 0 Å². The SMILES string of the molecule is COC(N)CCOC(C)(C)C. The van der Waals surface area contributed by atoms with Crippen LogP contribution >= 0.6 is 0 Å². The second kappa shape index (κ2) is 4.70. The Hall–Kier alpha value is -0.120. The van der Waals surface area contributed by atoms with Gasteiger partial charge in [0.25, 0.3) is 0 Å². The number of methoxy groups -OCH3 is 1. The largest absolute Gasteiger partial charge is 0.376 e. The third-order valence-electron chi connectivity index (χ3n) is 1.24. The quantitative estimate of drug-likeness (QED) is 0.628. The zero-order valence-corrected chi connectivity index (χ0v) is 7.89. The predicted molar refractivity (Wildman–Crippen MR) is 45.3 cm³/mol. The number of nitrogens with two attached hydrogens (primary N) is 1. The van der Waals surface area contributed by atoms with Gasteiger partial charge in [0.05, 0.1) is 12.2 Å². The molecular formula is C8H19NO2. The zero-order chi connectivity index (χ0) is 8.91. The standard InChI is InChI=1S/C8H19NO2/c1-8(2,3)11-6-5-7(9)10-4/h7H,5-6,9H2,1-4H3. The highest BCUT2D eigenvalue weighted by molar-refractivity contribution is 4.59. The first-order chi connectivity index (χ1) is 4.95. The highest BCUT2D eigenvalue weighted by atomic mass is 16.5. The third kappa shape index (κ3) is 7.78. The number of rotatable bonds is 4. The summed E-state index contributed by atoms with van der Waals surface area (Å²) in [6.07, 6.45) is 0.547. The lowest BCUT2D eigenvalue weighted by Gasteiger charge is -2.20. The predicted octanol–water partition coefficient (Wildman–Crippen LogP) is 1.12. The first-order valence-electron chi connectivity index (χ1n) is 3.88. The average molecular weight is 161 g/mol. The molecular weight excluding hydrogens is 142 g/mol. The Labute approximate surface area is 68.9 Å². The summed E-state index contributed by atoms with van der Waals surface area (Å²) in [5.74, 6) is 0. The molecule has 0 aromatic carbocycles. The van der Waals surface area contributed by atoms with Crippen molar-refractivity contribution in [1.82, 2.24) is 0 Å². The van der Waals surface area contributed by atoms with Gasteiger partial charge in [-0.15, -0.1) is 0 Å². The van der Waals surface area contributed by atoms with Crippen molar-refractivity contribution in [2.24, 2.45) is 5.73 Å². The molecule has 0 saturated carbocycles. The van der Waals surface area contributed by atoms with Crippen LogP contribution < -0.4 is 5.73 Å². The number of ether oxygens (including phenoxy) is 2. The Morgan fingerprint density at radius 2 is 1.91 bits per heavy atom. The maximum Gasteiger partial charge on any atom is 0.107 e. The highest BCUT2D eigenvalue weighted by Gasteiger charge is 2.10. The fourth-order valence-electron chi connectivity index (χ4n) is 0.599. The van der Waals surface area contributed by atoms with Gasteiger partial charge >= 0.3 is 0 Å². The Morgan fingerprint density at radius 3 is 2.27 bits per heavy atom. The van der Waals surface area contributed by atoms with Crippen LogP contribution in [0.15, 0.2) is 0 Å². The number of hydrogen-bond acceptors (Lipinski definition) is 3. The van der Waals surface area contributed by atoms with E-state index in [0.717, 1.165) is 6.42 Å². The van der Waals surface area contributed by atoms with Crippen molar-refractivity contribution in [3.8, 4) is 0 Å². The summed E-state index contributed by atoms with van der Waals surface area (Å²) in [5, 5.41) is 0. The van der Waals surface area contributed by atoms with Gasteiger partial charge in [0.1, 0.15) is 6.23 Å². The Balaban J connectivity index is 3.28. The van der Waals surface area contributed by atoms with E-state index in [-0.39, 0.29) is 11.8 Å². The monoisotopic (exact) mass is 161 g/mol. The Morgan fingerprint density at radius 1 is 1.36 bits per heavy atom. The van der Waals surface area contributed by atoms with Gasteiger partial charge in [-0.05, 0) is 20.8 Å². The van der Waals surface area contributed by atoms with E-state index >= 15 is 0 Å². The van der Waals surface area contributed by atoms with Gasteiger partial charge in [0, 0.05) is 13.5 Å². The molecule has 0 heterocycles. The highest BCUT2D eigenvalue weighted by Crippen LogP contribution is 2.07. The van der Waals surface area contributed by atoms with E-state index < -0.39 is 0 Å². The van der Waals surface area contributed by atoms with Gasteiger partial charge in [-0.25, -0.2) is 0 Å². The molecule has 0 rings (SSSR count). The Bertz CT molecular complexity index is 98.8. The summed E-state index contributed by atoms with van der Waals surface area (Å²) in [6.45, 7) is 6.71. The smallest absolute Gasteiger partial charge is 0.107 e. The molecule has 3 heteroatoms. The maximum atomic E-state index is 5.50. The average Bonchev–Trinajstić information content (AvgIpc) is 1.85. The molecule has 0 aromatic rings. The van der Waals surface area contributed by atoms with Crippen molar-refractivity contribution in [3.63, 3.8) is 0 Å². The van der Waals surface area contributed by atoms with Crippen molar-refractivity contribution >= 4 is 0 Å². The summed E-state index contributed by atoms with van der Waals surface area (Å²) >= 11 is 0. The summed E-state index contributed by atoms with van der Waals surface area (Å²) in [7, 11) is 1.60. The van der Waals surface area contributed by atoms with Crippen LogP contribution in [0, 0.1) is 0 Å². The minimum Gasteiger partial charge on any atom is -0.376 e. The van der Waals surface area contributed by atoms with E-state index in [4.69, 9.17) is 15.2 Å². The molecule has 0 radical (unpaired) electrons. The minimum atomic E-state index is -0.197. The minimum absolute atomic E-state index is 0.0759. The summed E-state index contributed by atoms with van der Waals surface area (Å²) in [5.41, 5.74) is 5.42. The van der Waals surface area contributed by atoms with Gasteiger partial charge < -0.3 is 15.2 Å². The molecule has 68 valence electrons. The third-order valence-corrected chi connectivity index (χ3v) is 1.24. The summed E-state index contributed by atoms with van der Waals surface area (Å²) in [6, 6.07) is 0. The molecule has 0 amide bonds. The van der Waals surface area contributed by atoms with E-state index in [1.54, 1.807) is 7.11 Å². The van der Waals surface area contributed by atoms with Crippen LogP contribution in [0.2, 0.25) is 0 Å². The molecule has 0 aliphatic carbocycles. The second-order valence-corrected chi connectivity index (χ2v) is 3.52. The topological polar surface area (TPSA) is 44.5 Å². The van der Waals surface area contributed by atoms with Gasteiger partial charge in [0.2, 0.25) is 0 Å². The molecule has 2 N–H and O–H groups in total. The van der Waals surface area contributed by atoms with Crippen molar-refractivity contribution in [1.29, 1.82) is 0 Å². The van der Waals surface area contributed by atoms with Gasteiger partial charge in [0.15, 0.2) is 0 Å². The lowest BCUT2D eigenvalue weighted by atomic mass is 10.2. The van der Waals surface area contributed by atoms with Crippen LogP contribution in [-0.4, -0.2) is 25.5 Å². The molecule has 0 bridgehead atoms. The van der Waals surface area contributed by atoms with E-state index in [2.05, 4.69) is 0 Å². The normalized spacial score (nSPS) is 15.0. The second-order valence-electron chi connectivity index (χ2n) is 3.52. The molecule has 1 atom stereocenters. The van der Waals surface area contributed by atoms with Crippen LogP contribution in [0.3, 0.4) is 0 Å². The summed E-state index contributed by atoms with van der Waals surface area (Å²) in [4.78, 5) is 0. The van der Waals surface area contributed by atoms with Crippen molar-refractivity contribution in [3.05, 3.63) is 0 Å². The molecule has 0 fully saturated rings. The van der Waals surface area contributed by atoms with E-state index in [1.807, 2.05) is 20.8 Å². The number of hydrogen-bond donors (Lipinski definition) is 1. The van der Waals surface area contributed by atoms with Gasteiger partial charge in [-0.2, -0.15) is 0 Å². The lowest BCUT2D eigenvalue weighted by Crippen LogP contribution is -2.27. The van der Waals surface area contributed by atoms with Crippen LogP contribution in [-0.2, 0) is 9.47 Å². The molecule has 11 heavy (non-hydrogen) atoms. The van der Waals surface area contributed by atoms with E-state index in [0.29, 0.717) is 6.61 Å². The van der Waals surface area contributed by atoms with Crippen molar-refractivity contribution in [2.75, 3.05) is 13.7 Å². The van der Waals surface area contributed by atoms with Crippen LogP contribution in [0.25, 0.3) is 0 Å². The molecule has 0 aromatic heterocycles. The van der Waals surface area contributed by atoms with E-state index in [1.165, 1.54) is 0 Å². The molecule has 0 saturated heterocycles. The van der Waals surface area contributed by atoms with Crippen molar-refractivity contribution < 1.29 is 9.47 Å². The molecule has 1 unspecified atom stereocenters. The molecule has 3 nitrogen and oxygen atoms in total. The molecule has 0 spiro atoms. The van der Waals surface area contributed by atoms with Gasteiger partial charge in [-0.1, -0.05) is 0 Å².